The molecule has 0 saturated heterocycles. The fraction of sp³-hybridized carbons (Fsp3) is 0.400. The molecule has 1 aromatic heterocycles. The van der Waals surface area contributed by atoms with Gasteiger partial charge in [-0.3, -0.25) is 15.0 Å². The van der Waals surface area contributed by atoms with Crippen molar-refractivity contribution in [3.05, 3.63) is 23.7 Å². The maximum atomic E-state index is 11.3. The summed E-state index contributed by atoms with van der Waals surface area (Å²) in [5, 5.41) is 2.69. The Kier molecular flexibility index (Phi) is 5.58. The number of hydrogen-bond acceptors (Lipinski definition) is 5. The van der Waals surface area contributed by atoms with E-state index in [9.17, 15) is 9.59 Å². The van der Waals surface area contributed by atoms with Crippen LogP contribution in [-0.2, 0) is 10.5 Å². The van der Waals surface area contributed by atoms with Crippen molar-refractivity contribution in [2.24, 2.45) is 5.84 Å². The fourth-order valence-electron chi connectivity index (χ4n) is 1.22. The second-order valence-corrected chi connectivity index (χ2v) is 4.18. The molecule has 0 aliphatic heterocycles. The minimum atomic E-state index is -0.469. The number of amides is 2. The lowest BCUT2D eigenvalue weighted by atomic mass is 10.3. The first kappa shape index (κ1) is 13.6. The van der Waals surface area contributed by atoms with Gasteiger partial charge in [0.1, 0.15) is 0 Å². The number of nitrogen functional groups attached to an aromatic ring is 1. The number of rotatable bonds is 6. The van der Waals surface area contributed by atoms with Crippen LogP contribution in [0.3, 0.4) is 0 Å². The largest absolute Gasteiger partial charge is 0.459 e. The first-order valence-electron chi connectivity index (χ1n) is 5.10. The highest BCUT2D eigenvalue weighted by Gasteiger charge is 2.14. The van der Waals surface area contributed by atoms with Crippen LogP contribution < -0.4 is 16.6 Å². The van der Waals surface area contributed by atoms with Gasteiger partial charge in [0.2, 0.25) is 5.91 Å². The summed E-state index contributed by atoms with van der Waals surface area (Å²) in [6.07, 6.45) is 1.42. The molecule has 0 radical (unpaired) electrons. The van der Waals surface area contributed by atoms with E-state index < -0.39 is 5.91 Å². The number of carbonyl (C=O) groups excluding carboxylic acids is 2. The third kappa shape index (κ3) is 4.12. The summed E-state index contributed by atoms with van der Waals surface area (Å²) >= 11 is 1.41. The fourth-order valence-corrected chi connectivity index (χ4v) is 2.05. The lowest BCUT2D eigenvalue weighted by Gasteiger charge is -2.02. The zero-order chi connectivity index (χ0) is 12.7. The van der Waals surface area contributed by atoms with Gasteiger partial charge in [-0.05, 0) is 13.0 Å². The van der Waals surface area contributed by atoms with Crippen LogP contribution in [0.15, 0.2) is 16.7 Å². The van der Waals surface area contributed by atoms with E-state index in [1.54, 1.807) is 6.07 Å². The normalized spacial score (nSPS) is 10.0. The van der Waals surface area contributed by atoms with Crippen LogP contribution in [0.2, 0.25) is 0 Å². The van der Waals surface area contributed by atoms with Gasteiger partial charge in [-0.1, -0.05) is 0 Å². The third-order valence-electron chi connectivity index (χ3n) is 1.95. The maximum Gasteiger partial charge on any atom is 0.301 e. The average Bonchev–Trinajstić information content (AvgIpc) is 2.77. The molecular formula is C10H15N3O3S. The Morgan fingerprint density at radius 2 is 2.29 bits per heavy atom. The van der Waals surface area contributed by atoms with Crippen LogP contribution in [0.1, 0.15) is 23.0 Å². The smallest absolute Gasteiger partial charge is 0.301 e. The van der Waals surface area contributed by atoms with E-state index in [0.717, 1.165) is 5.56 Å². The zero-order valence-corrected chi connectivity index (χ0v) is 10.3. The standard InChI is InChI=1S/C10H15N3O3S/c1-2-12-8(14)6-17-5-7-3-4-16-9(7)10(15)13-11/h3-4H,2,5-6,11H2,1H3,(H,12,14)(H,13,15). The molecule has 1 aromatic rings. The molecule has 0 aromatic carbocycles. The summed E-state index contributed by atoms with van der Waals surface area (Å²) in [5.41, 5.74) is 2.73. The monoisotopic (exact) mass is 257 g/mol. The average molecular weight is 257 g/mol. The van der Waals surface area contributed by atoms with Gasteiger partial charge in [0.05, 0.1) is 12.0 Å². The number of carbonyl (C=O) groups is 2. The molecule has 6 nitrogen and oxygen atoms in total. The number of thioether (sulfide) groups is 1. The van der Waals surface area contributed by atoms with Gasteiger partial charge in [-0.25, -0.2) is 5.84 Å². The van der Waals surface area contributed by atoms with Gasteiger partial charge < -0.3 is 9.73 Å². The van der Waals surface area contributed by atoms with Crippen molar-refractivity contribution < 1.29 is 14.0 Å². The quantitative estimate of drug-likeness (QED) is 0.385. The summed E-state index contributed by atoms with van der Waals surface area (Å²) in [4.78, 5) is 22.5. The molecule has 0 fully saturated rings. The number of hydrazine groups is 1. The van der Waals surface area contributed by atoms with Crippen LogP contribution >= 0.6 is 11.8 Å². The van der Waals surface area contributed by atoms with E-state index in [0.29, 0.717) is 18.1 Å². The van der Waals surface area contributed by atoms with Crippen molar-refractivity contribution >= 4 is 23.6 Å². The highest BCUT2D eigenvalue weighted by molar-refractivity contribution is 7.99. The van der Waals surface area contributed by atoms with Gasteiger partial charge in [-0.15, -0.1) is 11.8 Å². The number of hydrogen-bond donors (Lipinski definition) is 3. The van der Waals surface area contributed by atoms with E-state index in [1.807, 2.05) is 12.3 Å². The predicted molar refractivity (Wildman–Crippen MR) is 65.2 cm³/mol. The van der Waals surface area contributed by atoms with Gasteiger partial charge >= 0.3 is 5.91 Å². The van der Waals surface area contributed by atoms with E-state index in [1.165, 1.54) is 18.0 Å². The number of nitrogens with one attached hydrogen (secondary N) is 2. The van der Waals surface area contributed by atoms with Crippen molar-refractivity contribution in [3.63, 3.8) is 0 Å². The van der Waals surface area contributed by atoms with Crippen molar-refractivity contribution in [2.75, 3.05) is 12.3 Å². The second-order valence-electron chi connectivity index (χ2n) is 3.19. The Morgan fingerprint density at radius 3 is 2.94 bits per heavy atom. The molecule has 7 heteroatoms. The highest BCUT2D eigenvalue weighted by atomic mass is 32.2. The molecule has 0 aliphatic carbocycles. The van der Waals surface area contributed by atoms with Gasteiger partial charge in [-0.2, -0.15) is 0 Å². The molecule has 0 spiro atoms. The predicted octanol–water partition coefficient (Wildman–Crippen LogP) is 0.252. The van der Waals surface area contributed by atoms with Crippen molar-refractivity contribution in [2.45, 2.75) is 12.7 Å². The van der Waals surface area contributed by atoms with Crippen LogP contribution in [0.25, 0.3) is 0 Å². The molecule has 0 aliphatic rings. The van der Waals surface area contributed by atoms with Crippen molar-refractivity contribution in [1.82, 2.24) is 10.7 Å². The van der Waals surface area contributed by atoms with Crippen LogP contribution in [-0.4, -0.2) is 24.1 Å². The molecule has 0 unspecified atom stereocenters. The molecule has 1 heterocycles. The van der Waals surface area contributed by atoms with Gasteiger partial charge in [0.25, 0.3) is 0 Å². The minimum Gasteiger partial charge on any atom is -0.459 e. The van der Waals surface area contributed by atoms with E-state index in [2.05, 4.69) is 5.32 Å². The molecule has 4 N–H and O–H groups in total. The molecule has 0 bridgehead atoms. The molecule has 94 valence electrons. The van der Waals surface area contributed by atoms with Gasteiger partial charge in [0.15, 0.2) is 5.76 Å². The van der Waals surface area contributed by atoms with Crippen LogP contribution in [0.5, 0.6) is 0 Å². The molecule has 0 saturated carbocycles. The van der Waals surface area contributed by atoms with Crippen LogP contribution in [0, 0.1) is 0 Å². The van der Waals surface area contributed by atoms with Crippen LogP contribution in [0.4, 0.5) is 0 Å². The SMILES string of the molecule is CCNC(=O)CSCc1ccoc1C(=O)NN. The second kappa shape index (κ2) is 6.97. The molecule has 17 heavy (non-hydrogen) atoms. The van der Waals surface area contributed by atoms with Gasteiger partial charge in [0, 0.05) is 17.9 Å². The first-order valence-corrected chi connectivity index (χ1v) is 6.26. The Balaban J connectivity index is 2.44. The Hall–Kier alpha value is -1.47. The molecular weight excluding hydrogens is 242 g/mol. The van der Waals surface area contributed by atoms with Crippen molar-refractivity contribution in [3.8, 4) is 0 Å². The molecule has 0 atom stereocenters. The molecule has 2 amide bonds. The summed E-state index contributed by atoms with van der Waals surface area (Å²) in [7, 11) is 0. The highest BCUT2D eigenvalue weighted by Crippen LogP contribution is 2.17. The summed E-state index contributed by atoms with van der Waals surface area (Å²) in [5.74, 6) is 5.59. The molecule has 1 rings (SSSR count). The van der Waals surface area contributed by atoms with E-state index in [-0.39, 0.29) is 11.7 Å². The Labute approximate surface area is 103 Å². The lowest BCUT2D eigenvalue weighted by molar-refractivity contribution is -0.118. The van der Waals surface area contributed by atoms with E-state index >= 15 is 0 Å². The third-order valence-corrected chi connectivity index (χ3v) is 2.93. The zero-order valence-electron chi connectivity index (χ0n) is 9.49. The lowest BCUT2D eigenvalue weighted by Crippen LogP contribution is -2.30. The number of nitrogens with two attached hydrogens (primary N) is 1. The van der Waals surface area contributed by atoms with Crippen molar-refractivity contribution in [1.29, 1.82) is 0 Å². The topological polar surface area (TPSA) is 97.4 Å². The Morgan fingerprint density at radius 1 is 1.53 bits per heavy atom. The summed E-state index contributed by atoms with van der Waals surface area (Å²) < 4.78 is 5.02. The minimum absolute atomic E-state index is 0.0224. The van der Waals surface area contributed by atoms with E-state index in [4.69, 9.17) is 10.3 Å². The summed E-state index contributed by atoms with van der Waals surface area (Å²) in [6.45, 7) is 2.48. The first-order chi connectivity index (χ1) is 8.19. The Bertz CT molecular complexity index is 392. The maximum absolute atomic E-state index is 11.3. The number of furan rings is 1. The summed E-state index contributed by atoms with van der Waals surface area (Å²) in [6, 6.07) is 1.69.